The average Bonchev–Trinajstić information content (AvgIpc) is 2.41. The maximum atomic E-state index is 12.0. The number of carbonyl (C=O) groups is 1. The number of likely N-dealkylation sites (N-methyl/N-ethyl adjacent to an activating group) is 1. The highest BCUT2D eigenvalue weighted by Gasteiger charge is 2.36. The molecule has 0 aromatic heterocycles. The monoisotopic (exact) mass is 297 g/mol. The Balaban J connectivity index is 2.34. The molecular formula is C17H35N3O. The normalized spacial score (nSPS) is 26.3. The molecule has 1 fully saturated rings. The predicted octanol–water partition coefficient (Wildman–Crippen LogP) is 2.39. The van der Waals surface area contributed by atoms with Gasteiger partial charge in [0, 0.05) is 24.5 Å². The molecule has 0 radical (unpaired) electrons. The zero-order valence-corrected chi connectivity index (χ0v) is 14.7. The van der Waals surface area contributed by atoms with Crippen molar-refractivity contribution in [3.05, 3.63) is 0 Å². The van der Waals surface area contributed by atoms with E-state index < -0.39 is 0 Å². The van der Waals surface area contributed by atoms with Crippen LogP contribution >= 0.6 is 0 Å². The summed E-state index contributed by atoms with van der Waals surface area (Å²) in [4.78, 5) is 14.3. The fourth-order valence-corrected chi connectivity index (χ4v) is 3.35. The van der Waals surface area contributed by atoms with Gasteiger partial charge in [-0.05, 0) is 45.8 Å². The van der Waals surface area contributed by atoms with Crippen molar-refractivity contribution in [2.75, 3.05) is 27.2 Å². The smallest absolute Gasteiger partial charge is 0.220 e. The Hall–Kier alpha value is -0.610. The highest BCUT2D eigenvalue weighted by Crippen LogP contribution is 2.35. The van der Waals surface area contributed by atoms with Crippen molar-refractivity contribution in [2.45, 2.75) is 70.9 Å². The molecule has 0 saturated heterocycles. The van der Waals surface area contributed by atoms with Crippen molar-refractivity contribution in [1.29, 1.82) is 0 Å². The summed E-state index contributed by atoms with van der Waals surface area (Å²) in [7, 11) is 4.30. The van der Waals surface area contributed by atoms with Gasteiger partial charge in [0.25, 0.3) is 0 Å². The lowest BCUT2D eigenvalue weighted by Gasteiger charge is -2.45. The van der Waals surface area contributed by atoms with Crippen LogP contribution in [-0.2, 0) is 4.79 Å². The van der Waals surface area contributed by atoms with Crippen molar-refractivity contribution in [3.63, 3.8) is 0 Å². The SMILES string of the molecule is CC1CCCC(CNC(=O)CCCNC(C)C)(N(C)C)C1. The molecule has 124 valence electrons. The number of carbonyl (C=O) groups excluding carboxylic acids is 1. The predicted molar refractivity (Wildman–Crippen MR) is 89.4 cm³/mol. The van der Waals surface area contributed by atoms with Gasteiger partial charge in [-0.2, -0.15) is 0 Å². The molecule has 0 heterocycles. The van der Waals surface area contributed by atoms with Gasteiger partial charge in [0.05, 0.1) is 0 Å². The summed E-state index contributed by atoms with van der Waals surface area (Å²) < 4.78 is 0. The Kier molecular flexibility index (Phi) is 7.67. The van der Waals surface area contributed by atoms with Gasteiger partial charge in [0.1, 0.15) is 0 Å². The Labute approximate surface area is 131 Å². The molecule has 4 heteroatoms. The van der Waals surface area contributed by atoms with Crippen molar-refractivity contribution in [3.8, 4) is 0 Å². The molecule has 4 nitrogen and oxygen atoms in total. The van der Waals surface area contributed by atoms with E-state index in [1.165, 1.54) is 25.7 Å². The molecule has 1 rings (SSSR count). The lowest BCUT2D eigenvalue weighted by atomic mass is 9.75. The molecule has 1 aliphatic rings. The second-order valence-corrected chi connectivity index (χ2v) is 7.31. The molecule has 21 heavy (non-hydrogen) atoms. The first-order valence-electron chi connectivity index (χ1n) is 8.53. The highest BCUT2D eigenvalue weighted by atomic mass is 16.1. The number of rotatable bonds is 8. The minimum Gasteiger partial charge on any atom is -0.354 e. The van der Waals surface area contributed by atoms with E-state index in [0.29, 0.717) is 12.5 Å². The van der Waals surface area contributed by atoms with Crippen LogP contribution in [0.1, 0.15) is 59.3 Å². The van der Waals surface area contributed by atoms with Gasteiger partial charge in [0.2, 0.25) is 5.91 Å². The fraction of sp³-hybridized carbons (Fsp3) is 0.941. The molecule has 0 aromatic carbocycles. The van der Waals surface area contributed by atoms with E-state index in [4.69, 9.17) is 0 Å². The minimum absolute atomic E-state index is 0.156. The first-order chi connectivity index (χ1) is 9.85. The van der Waals surface area contributed by atoms with E-state index in [0.717, 1.165) is 25.4 Å². The third-order valence-electron chi connectivity index (χ3n) is 4.76. The largest absolute Gasteiger partial charge is 0.354 e. The van der Waals surface area contributed by atoms with E-state index in [2.05, 4.69) is 50.4 Å². The van der Waals surface area contributed by atoms with Crippen LogP contribution in [0.2, 0.25) is 0 Å². The van der Waals surface area contributed by atoms with Gasteiger partial charge in [-0.1, -0.05) is 33.6 Å². The van der Waals surface area contributed by atoms with Gasteiger partial charge in [-0.15, -0.1) is 0 Å². The van der Waals surface area contributed by atoms with Crippen LogP contribution in [0, 0.1) is 5.92 Å². The Morgan fingerprint density at radius 2 is 2.10 bits per heavy atom. The summed E-state index contributed by atoms with van der Waals surface area (Å²) in [6.07, 6.45) is 6.51. The quantitative estimate of drug-likeness (QED) is 0.676. The third kappa shape index (κ3) is 6.35. The van der Waals surface area contributed by atoms with Gasteiger partial charge in [0.15, 0.2) is 0 Å². The summed E-state index contributed by atoms with van der Waals surface area (Å²) in [6, 6.07) is 0.494. The Morgan fingerprint density at radius 1 is 1.38 bits per heavy atom. The molecular weight excluding hydrogens is 262 g/mol. The molecule has 0 spiro atoms. The van der Waals surface area contributed by atoms with Crippen LogP contribution < -0.4 is 10.6 Å². The van der Waals surface area contributed by atoms with E-state index in [1.54, 1.807) is 0 Å². The number of hydrogen-bond acceptors (Lipinski definition) is 3. The van der Waals surface area contributed by atoms with Crippen LogP contribution in [0.5, 0.6) is 0 Å². The second kappa shape index (κ2) is 8.74. The summed E-state index contributed by atoms with van der Waals surface area (Å²) in [6.45, 7) is 8.30. The summed E-state index contributed by atoms with van der Waals surface area (Å²) in [5.41, 5.74) is 0.156. The van der Waals surface area contributed by atoms with Crippen molar-refractivity contribution in [2.24, 2.45) is 5.92 Å². The zero-order chi connectivity index (χ0) is 15.9. The minimum atomic E-state index is 0.156. The summed E-state index contributed by atoms with van der Waals surface area (Å²) in [5, 5.41) is 6.52. The fourth-order valence-electron chi connectivity index (χ4n) is 3.35. The number of nitrogens with one attached hydrogen (secondary N) is 2. The molecule has 2 N–H and O–H groups in total. The van der Waals surface area contributed by atoms with Crippen molar-refractivity contribution in [1.82, 2.24) is 15.5 Å². The van der Waals surface area contributed by atoms with E-state index in [-0.39, 0.29) is 11.4 Å². The molecule has 1 amide bonds. The molecule has 2 atom stereocenters. The van der Waals surface area contributed by atoms with Gasteiger partial charge >= 0.3 is 0 Å². The van der Waals surface area contributed by atoms with Gasteiger partial charge in [-0.3, -0.25) is 4.79 Å². The first kappa shape index (κ1) is 18.4. The number of amides is 1. The number of nitrogens with zero attached hydrogens (tertiary/aromatic N) is 1. The molecule has 0 aliphatic heterocycles. The topological polar surface area (TPSA) is 44.4 Å². The maximum absolute atomic E-state index is 12.0. The van der Waals surface area contributed by atoms with Crippen LogP contribution in [0.15, 0.2) is 0 Å². The lowest BCUT2D eigenvalue weighted by Crippen LogP contribution is -2.55. The summed E-state index contributed by atoms with van der Waals surface area (Å²) in [5.74, 6) is 0.952. The van der Waals surface area contributed by atoms with Crippen molar-refractivity contribution >= 4 is 5.91 Å². The summed E-state index contributed by atoms with van der Waals surface area (Å²) >= 11 is 0. The maximum Gasteiger partial charge on any atom is 0.220 e. The number of hydrogen-bond donors (Lipinski definition) is 2. The third-order valence-corrected chi connectivity index (χ3v) is 4.76. The zero-order valence-electron chi connectivity index (χ0n) is 14.7. The molecule has 1 aliphatic carbocycles. The van der Waals surface area contributed by atoms with E-state index >= 15 is 0 Å². The van der Waals surface area contributed by atoms with Gasteiger partial charge < -0.3 is 15.5 Å². The van der Waals surface area contributed by atoms with E-state index in [1.807, 2.05) is 0 Å². The first-order valence-corrected chi connectivity index (χ1v) is 8.53. The van der Waals surface area contributed by atoms with Crippen LogP contribution in [-0.4, -0.2) is 49.6 Å². The van der Waals surface area contributed by atoms with Crippen LogP contribution in [0.25, 0.3) is 0 Å². The molecule has 1 saturated carbocycles. The molecule has 0 bridgehead atoms. The average molecular weight is 297 g/mol. The standard InChI is InChI=1S/C17H35N3O/c1-14(2)18-11-7-9-16(21)19-13-17(20(4)5)10-6-8-15(3)12-17/h14-15,18H,6-13H2,1-5H3,(H,19,21). The van der Waals surface area contributed by atoms with Crippen LogP contribution in [0.3, 0.4) is 0 Å². The Morgan fingerprint density at radius 3 is 2.67 bits per heavy atom. The molecule has 2 unspecified atom stereocenters. The molecule has 0 aromatic rings. The Bertz CT molecular complexity index is 317. The second-order valence-electron chi connectivity index (χ2n) is 7.31. The highest BCUT2D eigenvalue weighted by molar-refractivity contribution is 5.75. The van der Waals surface area contributed by atoms with E-state index in [9.17, 15) is 4.79 Å². The van der Waals surface area contributed by atoms with Crippen molar-refractivity contribution < 1.29 is 4.79 Å². The van der Waals surface area contributed by atoms with Crippen LogP contribution in [0.4, 0.5) is 0 Å². The van der Waals surface area contributed by atoms with Gasteiger partial charge in [-0.25, -0.2) is 0 Å². The lowest BCUT2D eigenvalue weighted by molar-refractivity contribution is -0.122.